The summed E-state index contributed by atoms with van der Waals surface area (Å²) in [5, 5.41) is 17.6. The summed E-state index contributed by atoms with van der Waals surface area (Å²) in [5.74, 6) is 1.13. The van der Waals surface area contributed by atoms with Crippen LogP contribution in [0.25, 0.3) is 0 Å². The van der Waals surface area contributed by atoms with Gasteiger partial charge in [0.15, 0.2) is 0 Å². The standard InChI is InChI=1S/C8H16O3S/c1-2-12-6-5-7(9)3-4-8(10)11/h7,9H,2-6H2,1H3,(H,10,11). The highest BCUT2D eigenvalue weighted by molar-refractivity contribution is 7.99. The van der Waals surface area contributed by atoms with Gasteiger partial charge < -0.3 is 10.2 Å². The molecular weight excluding hydrogens is 176 g/mol. The van der Waals surface area contributed by atoms with Crippen molar-refractivity contribution in [3.63, 3.8) is 0 Å². The molecule has 4 heteroatoms. The lowest BCUT2D eigenvalue weighted by molar-refractivity contribution is -0.137. The first-order valence-corrected chi connectivity index (χ1v) is 5.30. The van der Waals surface area contributed by atoms with E-state index in [0.717, 1.165) is 11.5 Å². The van der Waals surface area contributed by atoms with Gasteiger partial charge in [0.05, 0.1) is 6.10 Å². The normalized spacial score (nSPS) is 12.8. The average Bonchev–Trinajstić information content (AvgIpc) is 2.01. The molecule has 0 amide bonds. The van der Waals surface area contributed by atoms with Gasteiger partial charge in [-0.15, -0.1) is 0 Å². The largest absolute Gasteiger partial charge is 0.481 e. The van der Waals surface area contributed by atoms with Crippen molar-refractivity contribution < 1.29 is 15.0 Å². The van der Waals surface area contributed by atoms with Crippen molar-refractivity contribution in [2.45, 2.75) is 32.3 Å². The van der Waals surface area contributed by atoms with Crippen molar-refractivity contribution in [3.05, 3.63) is 0 Å². The van der Waals surface area contributed by atoms with Gasteiger partial charge in [-0.05, 0) is 24.3 Å². The first-order chi connectivity index (χ1) is 5.66. The van der Waals surface area contributed by atoms with Crippen LogP contribution in [0.1, 0.15) is 26.2 Å². The highest BCUT2D eigenvalue weighted by atomic mass is 32.2. The minimum atomic E-state index is -0.836. The average molecular weight is 192 g/mol. The molecule has 0 aliphatic carbocycles. The van der Waals surface area contributed by atoms with Crippen LogP contribution in [0, 0.1) is 0 Å². The Kier molecular flexibility index (Phi) is 7.29. The summed E-state index contributed by atoms with van der Waals surface area (Å²) in [6.07, 6.45) is 0.698. The van der Waals surface area contributed by atoms with Crippen molar-refractivity contribution in [2.24, 2.45) is 0 Å². The molecule has 3 nitrogen and oxygen atoms in total. The van der Waals surface area contributed by atoms with Crippen LogP contribution in [0.2, 0.25) is 0 Å². The molecule has 1 unspecified atom stereocenters. The van der Waals surface area contributed by atoms with E-state index in [1.807, 2.05) is 0 Å². The highest BCUT2D eigenvalue weighted by Crippen LogP contribution is 2.07. The van der Waals surface area contributed by atoms with Gasteiger partial charge >= 0.3 is 5.97 Å². The topological polar surface area (TPSA) is 57.5 Å². The molecule has 0 spiro atoms. The summed E-state index contributed by atoms with van der Waals surface area (Å²) in [4.78, 5) is 10.1. The van der Waals surface area contributed by atoms with E-state index in [1.54, 1.807) is 11.8 Å². The molecule has 0 saturated heterocycles. The molecule has 0 aromatic carbocycles. The van der Waals surface area contributed by atoms with E-state index in [-0.39, 0.29) is 6.42 Å². The number of carbonyl (C=O) groups is 1. The van der Waals surface area contributed by atoms with Crippen LogP contribution >= 0.6 is 11.8 Å². The Balaban J connectivity index is 3.21. The molecule has 0 fully saturated rings. The molecule has 0 saturated carbocycles. The molecular formula is C8H16O3S. The molecule has 0 aromatic heterocycles. The summed E-state index contributed by atoms with van der Waals surface area (Å²) in [7, 11) is 0. The molecule has 2 N–H and O–H groups in total. The zero-order chi connectivity index (χ0) is 9.40. The quantitative estimate of drug-likeness (QED) is 0.598. The summed E-state index contributed by atoms with van der Waals surface area (Å²) in [6, 6.07) is 0. The van der Waals surface area contributed by atoms with Crippen LogP contribution in [-0.2, 0) is 4.79 Å². The van der Waals surface area contributed by atoms with Gasteiger partial charge in [0.2, 0.25) is 0 Å². The van der Waals surface area contributed by atoms with E-state index < -0.39 is 12.1 Å². The van der Waals surface area contributed by atoms with Crippen molar-refractivity contribution in [3.8, 4) is 0 Å². The maximum absolute atomic E-state index is 10.1. The minimum absolute atomic E-state index is 0.0674. The fourth-order valence-corrected chi connectivity index (χ4v) is 1.53. The van der Waals surface area contributed by atoms with E-state index in [9.17, 15) is 9.90 Å². The maximum atomic E-state index is 10.1. The Morgan fingerprint density at radius 1 is 1.50 bits per heavy atom. The minimum Gasteiger partial charge on any atom is -0.481 e. The number of aliphatic hydroxyl groups is 1. The highest BCUT2D eigenvalue weighted by Gasteiger charge is 2.06. The van der Waals surface area contributed by atoms with Crippen molar-refractivity contribution >= 4 is 17.7 Å². The third-order valence-electron chi connectivity index (χ3n) is 1.49. The predicted octanol–water partition coefficient (Wildman–Crippen LogP) is 1.36. The summed E-state index contributed by atoms with van der Waals surface area (Å²) >= 11 is 1.76. The second-order valence-electron chi connectivity index (χ2n) is 2.57. The number of carboxylic acid groups (broad SMARTS) is 1. The van der Waals surface area contributed by atoms with Crippen LogP contribution in [-0.4, -0.2) is 33.8 Å². The molecule has 72 valence electrons. The zero-order valence-electron chi connectivity index (χ0n) is 7.32. The lowest BCUT2D eigenvalue weighted by atomic mass is 10.1. The molecule has 0 aliphatic heterocycles. The number of aliphatic carboxylic acids is 1. The summed E-state index contributed by atoms with van der Waals surface area (Å²) < 4.78 is 0. The lowest BCUT2D eigenvalue weighted by Gasteiger charge is -2.07. The van der Waals surface area contributed by atoms with E-state index in [0.29, 0.717) is 12.8 Å². The Labute approximate surface area is 77.2 Å². The molecule has 0 radical (unpaired) electrons. The SMILES string of the molecule is CCSCCC(O)CCC(=O)O. The second kappa shape index (κ2) is 7.43. The van der Waals surface area contributed by atoms with E-state index in [4.69, 9.17) is 5.11 Å². The molecule has 12 heavy (non-hydrogen) atoms. The smallest absolute Gasteiger partial charge is 0.303 e. The fourth-order valence-electron chi connectivity index (χ4n) is 0.798. The number of aliphatic hydroxyl groups excluding tert-OH is 1. The Morgan fingerprint density at radius 2 is 2.17 bits per heavy atom. The van der Waals surface area contributed by atoms with Gasteiger partial charge in [-0.25, -0.2) is 0 Å². The van der Waals surface area contributed by atoms with Crippen molar-refractivity contribution in [2.75, 3.05) is 11.5 Å². The van der Waals surface area contributed by atoms with Crippen molar-refractivity contribution in [1.29, 1.82) is 0 Å². The number of rotatable bonds is 7. The molecule has 0 aromatic rings. The molecule has 0 heterocycles. The van der Waals surface area contributed by atoms with Gasteiger partial charge in [-0.2, -0.15) is 11.8 Å². The Hall–Kier alpha value is -0.220. The number of hydrogen-bond acceptors (Lipinski definition) is 3. The molecule has 0 aliphatic rings. The molecule has 0 rings (SSSR count). The first kappa shape index (κ1) is 11.8. The second-order valence-corrected chi connectivity index (χ2v) is 3.97. The predicted molar refractivity (Wildman–Crippen MR) is 50.5 cm³/mol. The maximum Gasteiger partial charge on any atom is 0.303 e. The summed E-state index contributed by atoms with van der Waals surface area (Å²) in [6.45, 7) is 2.06. The van der Waals surface area contributed by atoms with Gasteiger partial charge in [-0.3, -0.25) is 4.79 Å². The van der Waals surface area contributed by atoms with E-state index >= 15 is 0 Å². The number of carboxylic acids is 1. The first-order valence-electron chi connectivity index (χ1n) is 4.14. The van der Waals surface area contributed by atoms with Gasteiger partial charge in [0.1, 0.15) is 0 Å². The summed E-state index contributed by atoms with van der Waals surface area (Å²) in [5.41, 5.74) is 0. The van der Waals surface area contributed by atoms with Gasteiger partial charge in [-0.1, -0.05) is 6.92 Å². The van der Waals surface area contributed by atoms with Crippen LogP contribution in [0.4, 0.5) is 0 Å². The zero-order valence-corrected chi connectivity index (χ0v) is 8.14. The van der Waals surface area contributed by atoms with E-state index in [1.165, 1.54) is 0 Å². The third-order valence-corrected chi connectivity index (χ3v) is 2.42. The Bertz CT molecular complexity index is 127. The Morgan fingerprint density at radius 3 is 2.67 bits per heavy atom. The number of thioether (sulfide) groups is 1. The van der Waals surface area contributed by atoms with Gasteiger partial charge in [0.25, 0.3) is 0 Å². The van der Waals surface area contributed by atoms with Crippen molar-refractivity contribution in [1.82, 2.24) is 0 Å². The third kappa shape index (κ3) is 7.88. The number of hydrogen-bond donors (Lipinski definition) is 2. The fraction of sp³-hybridized carbons (Fsp3) is 0.875. The molecule has 1 atom stereocenters. The molecule has 0 bridgehead atoms. The van der Waals surface area contributed by atoms with Crippen LogP contribution in [0.15, 0.2) is 0 Å². The van der Waals surface area contributed by atoms with E-state index in [2.05, 4.69) is 6.92 Å². The lowest BCUT2D eigenvalue weighted by Crippen LogP contribution is -2.10. The van der Waals surface area contributed by atoms with Crippen LogP contribution in [0.5, 0.6) is 0 Å². The van der Waals surface area contributed by atoms with Gasteiger partial charge in [0, 0.05) is 6.42 Å². The van der Waals surface area contributed by atoms with Crippen LogP contribution < -0.4 is 0 Å². The van der Waals surface area contributed by atoms with Crippen LogP contribution in [0.3, 0.4) is 0 Å². The monoisotopic (exact) mass is 192 g/mol.